The van der Waals surface area contributed by atoms with Crippen LogP contribution in [-0.4, -0.2) is 5.84 Å². The predicted octanol–water partition coefficient (Wildman–Crippen LogP) is -2.44. The Hall–Kier alpha value is -1.22. The Morgan fingerprint density at radius 1 is 1.18 bits per heavy atom. The van der Waals surface area contributed by atoms with Gasteiger partial charge >= 0.3 is 0 Å². The minimum absolute atomic E-state index is 0. The smallest absolute Gasteiger partial charge is 0.122 e. The number of halogens is 1. The van der Waals surface area contributed by atoms with Crippen molar-refractivity contribution in [2.75, 3.05) is 5.73 Å². The Kier molecular flexibility index (Phi) is 3.40. The summed E-state index contributed by atoms with van der Waals surface area (Å²) >= 11 is 0. The molecule has 1 aromatic carbocycles. The number of rotatable bonds is 1. The summed E-state index contributed by atoms with van der Waals surface area (Å²) in [5, 5.41) is 7.04. The van der Waals surface area contributed by atoms with Crippen LogP contribution < -0.4 is 23.9 Å². The molecule has 0 saturated heterocycles. The molecule has 0 unspecified atom stereocenters. The molecule has 11 heavy (non-hydrogen) atoms. The zero-order valence-corrected chi connectivity index (χ0v) is 6.60. The summed E-state index contributed by atoms with van der Waals surface area (Å²) in [6.45, 7) is 0. The van der Waals surface area contributed by atoms with Crippen LogP contribution in [0.5, 0.6) is 0 Å². The van der Waals surface area contributed by atoms with Crippen molar-refractivity contribution in [1.29, 1.82) is 5.41 Å². The van der Waals surface area contributed by atoms with Crippen molar-refractivity contribution >= 4 is 11.5 Å². The van der Waals surface area contributed by atoms with Crippen LogP contribution in [0.2, 0.25) is 0 Å². The molecule has 1 rings (SSSR count). The van der Waals surface area contributed by atoms with E-state index in [4.69, 9.17) is 16.9 Å². The van der Waals surface area contributed by atoms with Gasteiger partial charge in [-0.15, -0.1) is 0 Å². The molecule has 5 N–H and O–H groups in total. The molecule has 0 aliphatic rings. The first-order chi connectivity index (χ1) is 4.70. The predicted molar refractivity (Wildman–Crippen MR) is 41.9 cm³/mol. The second kappa shape index (κ2) is 3.83. The van der Waals surface area contributed by atoms with Gasteiger partial charge in [-0.3, -0.25) is 5.41 Å². The first-order valence-corrected chi connectivity index (χ1v) is 2.90. The highest BCUT2D eigenvalue weighted by atomic mass is 35.5. The number of benzene rings is 1. The fourth-order valence-electron chi connectivity index (χ4n) is 0.663. The van der Waals surface area contributed by atoms with Crippen molar-refractivity contribution in [2.45, 2.75) is 0 Å². The highest BCUT2D eigenvalue weighted by Crippen LogP contribution is 2.03. The summed E-state index contributed by atoms with van der Waals surface area (Å²) in [4.78, 5) is 0. The third-order valence-corrected chi connectivity index (χ3v) is 1.22. The first-order valence-electron chi connectivity index (χ1n) is 2.90. The van der Waals surface area contributed by atoms with Crippen molar-refractivity contribution in [3.8, 4) is 0 Å². The molecule has 0 aliphatic carbocycles. The number of anilines is 1. The van der Waals surface area contributed by atoms with Gasteiger partial charge in [-0.25, -0.2) is 0 Å². The van der Waals surface area contributed by atoms with Crippen LogP contribution in [0.15, 0.2) is 24.3 Å². The minimum atomic E-state index is 0. The maximum Gasteiger partial charge on any atom is 0.122 e. The fraction of sp³-hybridized carbons (Fsp3) is 0. The summed E-state index contributed by atoms with van der Waals surface area (Å²) in [6.07, 6.45) is 0. The molecule has 0 fully saturated rings. The van der Waals surface area contributed by atoms with E-state index < -0.39 is 0 Å². The maximum atomic E-state index is 7.04. The minimum Gasteiger partial charge on any atom is -1.00 e. The van der Waals surface area contributed by atoms with E-state index in [1.54, 1.807) is 24.3 Å². The summed E-state index contributed by atoms with van der Waals surface area (Å²) in [5.41, 5.74) is 12.0. The molecule has 0 radical (unpaired) electrons. The number of hydrogen-bond acceptors (Lipinski definition) is 2. The van der Waals surface area contributed by atoms with Crippen molar-refractivity contribution in [1.82, 2.24) is 0 Å². The number of hydrogen-bond donors (Lipinski definition) is 3. The van der Waals surface area contributed by atoms with E-state index in [1.807, 2.05) is 0 Å². The molecule has 0 aliphatic heterocycles. The second-order valence-electron chi connectivity index (χ2n) is 2.04. The van der Waals surface area contributed by atoms with Gasteiger partial charge in [-0.2, -0.15) is 0 Å². The Balaban J connectivity index is 0.000001000. The average Bonchev–Trinajstić information content (AvgIpc) is 1.88. The van der Waals surface area contributed by atoms with E-state index in [0.29, 0.717) is 11.3 Å². The lowest BCUT2D eigenvalue weighted by molar-refractivity contribution is -0.00000246. The Labute approximate surface area is 71.3 Å². The first kappa shape index (κ1) is 9.78. The van der Waals surface area contributed by atoms with Gasteiger partial charge in [-0.05, 0) is 24.3 Å². The number of nitrogen functional groups attached to an aromatic ring is 2. The average molecular weight is 171 g/mol. The highest BCUT2D eigenvalue weighted by molar-refractivity contribution is 5.95. The molecule has 4 heteroatoms. The normalized spacial score (nSPS) is 8.36. The summed E-state index contributed by atoms with van der Waals surface area (Å²) in [5.74, 6) is 0.0694. The Morgan fingerprint density at radius 3 is 2.00 bits per heavy atom. The summed E-state index contributed by atoms with van der Waals surface area (Å²) in [6, 6.07) is 6.88. The van der Waals surface area contributed by atoms with Crippen LogP contribution in [0.3, 0.4) is 0 Å². The topological polar surface area (TPSA) is 75.9 Å². The molecule has 0 spiro atoms. The van der Waals surface area contributed by atoms with Gasteiger partial charge in [0, 0.05) is 11.3 Å². The molecule has 0 bridgehead atoms. The summed E-state index contributed by atoms with van der Waals surface area (Å²) in [7, 11) is 0. The molecule has 0 aromatic heterocycles. The molecule has 0 atom stereocenters. The number of nitrogens with one attached hydrogen (secondary N) is 1. The van der Waals surface area contributed by atoms with Crippen LogP contribution in [0.1, 0.15) is 5.56 Å². The van der Waals surface area contributed by atoms with Gasteiger partial charge in [0.25, 0.3) is 0 Å². The van der Waals surface area contributed by atoms with Gasteiger partial charge in [0.15, 0.2) is 0 Å². The zero-order valence-electron chi connectivity index (χ0n) is 5.84. The summed E-state index contributed by atoms with van der Waals surface area (Å²) < 4.78 is 0. The zero-order chi connectivity index (χ0) is 7.56. The van der Waals surface area contributed by atoms with E-state index in [-0.39, 0.29) is 18.2 Å². The molecule has 60 valence electrons. The van der Waals surface area contributed by atoms with Gasteiger partial charge in [-0.1, -0.05) is 0 Å². The van der Waals surface area contributed by atoms with Crippen molar-refractivity contribution in [3.05, 3.63) is 29.8 Å². The molecular weight excluding hydrogens is 162 g/mol. The van der Waals surface area contributed by atoms with Gasteiger partial charge in [0.1, 0.15) is 5.84 Å². The van der Waals surface area contributed by atoms with E-state index in [0.717, 1.165) is 0 Å². The van der Waals surface area contributed by atoms with Gasteiger partial charge in [0.05, 0.1) is 0 Å². The maximum absolute atomic E-state index is 7.04. The Bertz CT molecular complexity index is 242. The second-order valence-corrected chi connectivity index (χ2v) is 2.04. The van der Waals surface area contributed by atoms with Crippen LogP contribution in [0, 0.1) is 5.41 Å². The van der Waals surface area contributed by atoms with Crippen LogP contribution in [0.25, 0.3) is 0 Å². The molecule has 0 amide bonds. The van der Waals surface area contributed by atoms with Crippen LogP contribution in [0.4, 0.5) is 5.69 Å². The molecule has 3 nitrogen and oxygen atoms in total. The quantitative estimate of drug-likeness (QED) is 0.249. The van der Waals surface area contributed by atoms with E-state index >= 15 is 0 Å². The lowest BCUT2D eigenvalue weighted by Crippen LogP contribution is -3.00. The largest absolute Gasteiger partial charge is 1.00 e. The fourth-order valence-corrected chi connectivity index (χ4v) is 0.663. The highest BCUT2D eigenvalue weighted by Gasteiger charge is 1.92. The van der Waals surface area contributed by atoms with Gasteiger partial charge in [0.2, 0.25) is 0 Å². The van der Waals surface area contributed by atoms with Crippen LogP contribution in [-0.2, 0) is 0 Å². The van der Waals surface area contributed by atoms with E-state index in [1.165, 1.54) is 0 Å². The van der Waals surface area contributed by atoms with Crippen molar-refractivity contribution < 1.29 is 12.4 Å². The van der Waals surface area contributed by atoms with Crippen LogP contribution >= 0.6 is 0 Å². The lowest BCUT2D eigenvalue weighted by Gasteiger charge is -1.96. The number of amidine groups is 1. The van der Waals surface area contributed by atoms with Gasteiger partial charge < -0.3 is 23.9 Å². The van der Waals surface area contributed by atoms with Crippen molar-refractivity contribution in [2.24, 2.45) is 5.73 Å². The Morgan fingerprint density at radius 2 is 1.64 bits per heavy atom. The standard InChI is InChI=1S/C7H9N3.ClH/c8-6-3-1-5(2-4-6)7(9)10;/h1-4H,8H2,(H3,9,10);1H/p-1. The SMILES string of the molecule is N=C(N)c1ccc(N)cc1.[Cl-]. The lowest BCUT2D eigenvalue weighted by atomic mass is 10.2. The molecular formula is C7H9ClN3-. The van der Waals surface area contributed by atoms with Crippen molar-refractivity contribution in [3.63, 3.8) is 0 Å². The van der Waals surface area contributed by atoms with E-state index in [9.17, 15) is 0 Å². The molecule has 0 saturated carbocycles. The monoisotopic (exact) mass is 170 g/mol. The van der Waals surface area contributed by atoms with E-state index in [2.05, 4.69) is 0 Å². The number of nitrogens with two attached hydrogens (primary N) is 2. The third-order valence-electron chi connectivity index (χ3n) is 1.22. The third kappa shape index (κ3) is 2.47. The molecule has 0 heterocycles. The molecule has 1 aromatic rings.